The van der Waals surface area contributed by atoms with Crippen LogP contribution in [0.5, 0.6) is 0 Å². The molecule has 2 aromatic carbocycles. The first-order chi connectivity index (χ1) is 12.8. The van der Waals surface area contributed by atoms with Gasteiger partial charge in [-0.05, 0) is 48.7 Å². The molecule has 0 unspecified atom stereocenters. The molecule has 0 radical (unpaired) electrons. The Morgan fingerprint density at radius 1 is 0.962 bits per heavy atom. The van der Waals surface area contributed by atoms with E-state index in [1.165, 1.54) is 11.3 Å². The molecule has 1 aliphatic heterocycles. The van der Waals surface area contributed by atoms with E-state index in [-0.39, 0.29) is 0 Å². The van der Waals surface area contributed by atoms with Gasteiger partial charge in [-0.1, -0.05) is 29.8 Å². The molecule has 5 nitrogen and oxygen atoms in total. The monoisotopic (exact) mass is 361 g/mol. The molecular weight excluding hydrogens is 346 g/mol. The van der Waals surface area contributed by atoms with Gasteiger partial charge >= 0.3 is 0 Å². The number of hydrogen-bond donors (Lipinski definition) is 0. The van der Waals surface area contributed by atoms with E-state index in [0.29, 0.717) is 5.02 Å². The third-order valence-electron chi connectivity index (χ3n) is 4.78. The number of aryl methyl sites for hydroxylation is 1. The maximum absolute atomic E-state index is 6.00. The molecule has 0 N–H and O–H groups in total. The summed E-state index contributed by atoms with van der Waals surface area (Å²) in [5.41, 5.74) is 4.29. The quantitative estimate of drug-likeness (QED) is 0.525. The number of nitrogens with zero attached hydrogens (tertiary/aromatic N) is 5. The first kappa shape index (κ1) is 15.3. The van der Waals surface area contributed by atoms with Gasteiger partial charge in [0.1, 0.15) is 12.1 Å². The predicted octanol–water partition coefficient (Wildman–Crippen LogP) is 4.55. The van der Waals surface area contributed by atoms with E-state index in [1.807, 2.05) is 35.1 Å². The molecule has 0 bridgehead atoms. The van der Waals surface area contributed by atoms with Crippen molar-refractivity contribution < 1.29 is 0 Å². The molecule has 0 aliphatic carbocycles. The van der Waals surface area contributed by atoms with E-state index < -0.39 is 0 Å². The van der Waals surface area contributed by atoms with Crippen molar-refractivity contribution in [2.45, 2.75) is 12.8 Å². The first-order valence-electron chi connectivity index (χ1n) is 8.61. The van der Waals surface area contributed by atoms with Crippen LogP contribution >= 0.6 is 11.6 Å². The smallest absolute Gasteiger partial charge is 0.168 e. The number of anilines is 2. The Bertz CT molecular complexity index is 1090. The average molecular weight is 362 g/mol. The number of halogens is 1. The Hall–Kier alpha value is -2.92. The lowest BCUT2D eigenvalue weighted by Gasteiger charge is -2.30. The zero-order chi connectivity index (χ0) is 17.5. The fourth-order valence-electron chi connectivity index (χ4n) is 3.57. The molecular formula is C20H16ClN5. The van der Waals surface area contributed by atoms with Crippen LogP contribution in [0.15, 0.2) is 61.1 Å². The highest BCUT2D eigenvalue weighted by Gasteiger charge is 2.22. The molecule has 2 aromatic heterocycles. The van der Waals surface area contributed by atoms with Gasteiger partial charge in [-0.3, -0.25) is 0 Å². The summed E-state index contributed by atoms with van der Waals surface area (Å²) in [5, 5.41) is 6.19. The van der Waals surface area contributed by atoms with Gasteiger partial charge < -0.3 is 4.90 Å². The van der Waals surface area contributed by atoms with Crippen LogP contribution < -0.4 is 4.90 Å². The molecule has 4 aromatic rings. The zero-order valence-electron chi connectivity index (χ0n) is 14.0. The summed E-state index contributed by atoms with van der Waals surface area (Å²) < 4.78 is 1.83. The second kappa shape index (κ2) is 6.11. The highest BCUT2D eigenvalue weighted by molar-refractivity contribution is 6.30. The van der Waals surface area contributed by atoms with Crippen molar-refractivity contribution in [3.63, 3.8) is 0 Å². The molecule has 6 heteroatoms. The largest absolute Gasteiger partial charge is 0.325 e. The van der Waals surface area contributed by atoms with Crippen molar-refractivity contribution in [2.24, 2.45) is 0 Å². The van der Waals surface area contributed by atoms with E-state index in [4.69, 9.17) is 11.6 Å². The Morgan fingerprint density at radius 2 is 1.81 bits per heavy atom. The van der Waals surface area contributed by atoms with Gasteiger partial charge in [0.2, 0.25) is 0 Å². The van der Waals surface area contributed by atoms with Crippen molar-refractivity contribution in [1.29, 1.82) is 0 Å². The van der Waals surface area contributed by atoms with Crippen LogP contribution in [0, 0.1) is 0 Å². The summed E-state index contributed by atoms with van der Waals surface area (Å²) in [6, 6.07) is 16.1. The molecule has 0 spiro atoms. The van der Waals surface area contributed by atoms with Gasteiger partial charge in [-0.15, -0.1) is 0 Å². The number of benzene rings is 2. The van der Waals surface area contributed by atoms with Crippen LogP contribution in [0.1, 0.15) is 12.0 Å². The minimum Gasteiger partial charge on any atom is -0.325 e. The maximum Gasteiger partial charge on any atom is 0.168 e. The van der Waals surface area contributed by atoms with Crippen LogP contribution in [0.4, 0.5) is 11.5 Å². The Labute approximate surface area is 155 Å². The van der Waals surface area contributed by atoms with Crippen LogP contribution in [-0.2, 0) is 6.42 Å². The normalized spacial score (nSPS) is 13.8. The minimum atomic E-state index is 0.699. The van der Waals surface area contributed by atoms with Crippen molar-refractivity contribution in [1.82, 2.24) is 19.7 Å². The molecule has 0 atom stereocenters. The van der Waals surface area contributed by atoms with Gasteiger partial charge in [0.25, 0.3) is 0 Å². The fourth-order valence-corrected chi connectivity index (χ4v) is 3.70. The van der Waals surface area contributed by atoms with Crippen LogP contribution in [0.25, 0.3) is 16.7 Å². The lowest BCUT2D eigenvalue weighted by atomic mass is 10.0. The van der Waals surface area contributed by atoms with Gasteiger partial charge in [0.15, 0.2) is 5.65 Å². The highest BCUT2D eigenvalue weighted by atomic mass is 35.5. The second-order valence-corrected chi connectivity index (χ2v) is 6.79. The number of rotatable bonds is 2. The maximum atomic E-state index is 6.00. The predicted molar refractivity (Wildman–Crippen MR) is 103 cm³/mol. The molecule has 0 fully saturated rings. The number of fused-ring (bicyclic) bond motifs is 2. The van der Waals surface area contributed by atoms with Gasteiger partial charge in [-0.25, -0.2) is 14.6 Å². The van der Waals surface area contributed by atoms with Crippen molar-refractivity contribution in [3.05, 3.63) is 71.6 Å². The van der Waals surface area contributed by atoms with Gasteiger partial charge in [-0.2, -0.15) is 5.10 Å². The van der Waals surface area contributed by atoms with Crippen molar-refractivity contribution >= 4 is 34.1 Å². The molecule has 0 saturated carbocycles. The van der Waals surface area contributed by atoms with Crippen LogP contribution in [-0.4, -0.2) is 26.3 Å². The summed E-state index contributed by atoms with van der Waals surface area (Å²) in [4.78, 5) is 11.3. The molecule has 3 heterocycles. The highest BCUT2D eigenvalue weighted by Crippen LogP contribution is 2.35. The lowest BCUT2D eigenvalue weighted by Crippen LogP contribution is -2.25. The third kappa shape index (κ3) is 2.44. The topological polar surface area (TPSA) is 46.8 Å². The first-order valence-corrected chi connectivity index (χ1v) is 8.99. The summed E-state index contributed by atoms with van der Waals surface area (Å²) in [6.07, 6.45) is 5.66. The summed E-state index contributed by atoms with van der Waals surface area (Å²) in [7, 11) is 0. The number of aromatic nitrogens is 4. The Kier molecular flexibility index (Phi) is 3.60. The average Bonchev–Trinajstić information content (AvgIpc) is 3.12. The van der Waals surface area contributed by atoms with E-state index in [2.05, 4.69) is 44.2 Å². The van der Waals surface area contributed by atoms with Crippen LogP contribution in [0.3, 0.4) is 0 Å². The fraction of sp³-hybridized carbons (Fsp3) is 0.150. The number of hydrogen-bond acceptors (Lipinski definition) is 4. The van der Waals surface area contributed by atoms with Crippen molar-refractivity contribution in [2.75, 3.05) is 11.4 Å². The van der Waals surface area contributed by atoms with E-state index in [9.17, 15) is 0 Å². The van der Waals surface area contributed by atoms with E-state index in [1.54, 1.807) is 6.33 Å². The molecule has 5 rings (SSSR count). The summed E-state index contributed by atoms with van der Waals surface area (Å²) >= 11 is 6.00. The van der Waals surface area contributed by atoms with Gasteiger partial charge in [0.05, 0.1) is 17.3 Å². The molecule has 128 valence electrons. The Balaban J connectivity index is 1.66. The summed E-state index contributed by atoms with van der Waals surface area (Å²) in [6.45, 7) is 0.940. The molecule has 0 amide bonds. The van der Waals surface area contributed by atoms with Crippen LogP contribution in [0.2, 0.25) is 5.02 Å². The standard InChI is InChI=1S/C20H16ClN5/c21-15-7-9-16(10-8-15)26-20-17(12-24-26)19(22-13-23-20)25-11-3-5-14-4-1-2-6-18(14)25/h1-2,4,6-10,12-13H,3,5,11H2. The second-order valence-electron chi connectivity index (χ2n) is 6.35. The lowest BCUT2D eigenvalue weighted by molar-refractivity contribution is 0.761. The van der Waals surface area contributed by atoms with Crippen molar-refractivity contribution in [3.8, 4) is 5.69 Å². The zero-order valence-corrected chi connectivity index (χ0v) is 14.8. The van der Waals surface area contributed by atoms with E-state index in [0.717, 1.165) is 41.9 Å². The SMILES string of the molecule is Clc1ccc(-n2ncc3c(N4CCCc5ccccc54)ncnc32)cc1. The minimum absolute atomic E-state index is 0.699. The van der Waals surface area contributed by atoms with Gasteiger partial charge in [0, 0.05) is 17.3 Å². The van der Waals surface area contributed by atoms with E-state index >= 15 is 0 Å². The summed E-state index contributed by atoms with van der Waals surface area (Å²) in [5.74, 6) is 0.905. The Morgan fingerprint density at radius 3 is 2.69 bits per heavy atom. The number of para-hydroxylation sites is 1. The third-order valence-corrected chi connectivity index (χ3v) is 5.03. The molecule has 0 saturated heterocycles. The molecule has 26 heavy (non-hydrogen) atoms. The molecule has 1 aliphatic rings.